The number of anilines is 1. The zero-order valence-corrected chi connectivity index (χ0v) is 11.7. The number of oxime groups is 1. The second-order valence-electron chi connectivity index (χ2n) is 4.77. The minimum absolute atomic E-state index is 0.201. The van der Waals surface area contributed by atoms with E-state index in [4.69, 9.17) is 10.9 Å². The molecule has 0 aliphatic heterocycles. The van der Waals surface area contributed by atoms with E-state index in [9.17, 15) is 5.11 Å². The molecule has 0 unspecified atom stereocenters. The number of rotatable bonds is 6. The summed E-state index contributed by atoms with van der Waals surface area (Å²) in [5.74, 6) is 0.448. The Morgan fingerprint density at radius 1 is 1.10 bits per heavy atom. The second-order valence-corrected chi connectivity index (χ2v) is 4.77. The molecule has 2 rings (SSSR count). The van der Waals surface area contributed by atoms with Crippen molar-refractivity contribution in [1.29, 1.82) is 0 Å². The number of para-hydroxylation sites is 1. The molecule has 110 valence electrons. The van der Waals surface area contributed by atoms with Gasteiger partial charge in [0.2, 0.25) is 0 Å². The van der Waals surface area contributed by atoms with Crippen molar-refractivity contribution < 1.29 is 10.3 Å². The first-order chi connectivity index (χ1) is 10.2. The monoisotopic (exact) mass is 285 g/mol. The largest absolute Gasteiger partial charge is 0.508 e. The zero-order valence-electron chi connectivity index (χ0n) is 11.7. The van der Waals surface area contributed by atoms with Gasteiger partial charge in [-0.2, -0.15) is 0 Å². The van der Waals surface area contributed by atoms with Gasteiger partial charge in [-0.05, 0) is 29.8 Å². The van der Waals surface area contributed by atoms with Gasteiger partial charge in [-0.1, -0.05) is 35.5 Å². The molecule has 2 aromatic rings. The molecule has 0 atom stereocenters. The number of benzene rings is 2. The number of hydrogen-bond acceptors (Lipinski definition) is 4. The third-order valence-electron chi connectivity index (χ3n) is 3.17. The molecule has 0 heterocycles. The van der Waals surface area contributed by atoms with Gasteiger partial charge < -0.3 is 20.9 Å². The Kier molecular flexibility index (Phi) is 5.04. The summed E-state index contributed by atoms with van der Waals surface area (Å²) in [6.07, 6.45) is 0.463. The van der Waals surface area contributed by atoms with Crippen LogP contribution in [-0.4, -0.2) is 22.7 Å². The summed E-state index contributed by atoms with van der Waals surface area (Å²) < 4.78 is 0. The topological polar surface area (TPSA) is 82.1 Å². The molecule has 0 aliphatic carbocycles. The van der Waals surface area contributed by atoms with Crippen molar-refractivity contribution >= 4 is 11.5 Å². The van der Waals surface area contributed by atoms with Gasteiger partial charge in [0.1, 0.15) is 11.6 Å². The van der Waals surface area contributed by atoms with Crippen LogP contribution in [0.15, 0.2) is 59.8 Å². The molecule has 0 spiro atoms. The molecule has 0 radical (unpaired) electrons. The SMILES string of the molecule is N/C(CCN(Cc1cccc(O)c1)c1ccccc1)=N/O. The number of amidine groups is 1. The molecule has 5 heteroatoms. The van der Waals surface area contributed by atoms with Crippen LogP contribution in [0.2, 0.25) is 0 Å². The Morgan fingerprint density at radius 3 is 2.52 bits per heavy atom. The average Bonchev–Trinajstić information content (AvgIpc) is 2.52. The first kappa shape index (κ1) is 14.7. The third kappa shape index (κ3) is 4.42. The van der Waals surface area contributed by atoms with Crippen molar-refractivity contribution in [3.63, 3.8) is 0 Å². The molecule has 0 bridgehead atoms. The molecular formula is C16H19N3O2. The second kappa shape index (κ2) is 7.19. The maximum Gasteiger partial charge on any atom is 0.140 e. The van der Waals surface area contributed by atoms with Crippen LogP contribution in [0.4, 0.5) is 5.69 Å². The van der Waals surface area contributed by atoms with E-state index in [1.54, 1.807) is 12.1 Å². The van der Waals surface area contributed by atoms with Crippen molar-refractivity contribution in [2.75, 3.05) is 11.4 Å². The normalized spacial score (nSPS) is 11.3. The van der Waals surface area contributed by atoms with Crippen LogP contribution in [-0.2, 0) is 6.54 Å². The fourth-order valence-corrected chi connectivity index (χ4v) is 2.11. The van der Waals surface area contributed by atoms with E-state index < -0.39 is 0 Å². The number of phenols is 1. The predicted octanol–water partition coefficient (Wildman–Crippen LogP) is 2.54. The number of nitrogens with zero attached hydrogens (tertiary/aromatic N) is 2. The zero-order chi connectivity index (χ0) is 15.1. The highest BCUT2D eigenvalue weighted by molar-refractivity contribution is 5.80. The Morgan fingerprint density at radius 2 is 1.86 bits per heavy atom. The summed E-state index contributed by atoms with van der Waals surface area (Å²) in [4.78, 5) is 2.12. The summed E-state index contributed by atoms with van der Waals surface area (Å²) in [6, 6.07) is 17.1. The van der Waals surface area contributed by atoms with Crippen LogP contribution in [0.5, 0.6) is 5.75 Å². The van der Waals surface area contributed by atoms with Crippen LogP contribution in [0.1, 0.15) is 12.0 Å². The first-order valence-corrected chi connectivity index (χ1v) is 6.73. The van der Waals surface area contributed by atoms with Crippen molar-refractivity contribution in [2.45, 2.75) is 13.0 Å². The standard InChI is InChI=1S/C16H19N3O2/c17-16(18-21)9-10-19(14-6-2-1-3-7-14)12-13-5-4-8-15(20)11-13/h1-8,11,20-21H,9-10,12H2,(H2,17,18). The smallest absolute Gasteiger partial charge is 0.140 e. The molecule has 0 aromatic heterocycles. The van der Waals surface area contributed by atoms with E-state index in [2.05, 4.69) is 10.1 Å². The maximum absolute atomic E-state index is 9.56. The summed E-state index contributed by atoms with van der Waals surface area (Å²) in [5, 5.41) is 21.2. The molecule has 0 fully saturated rings. The third-order valence-corrected chi connectivity index (χ3v) is 3.17. The minimum Gasteiger partial charge on any atom is -0.508 e. The lowest BCUT2D eigenvalue weighted by Gasteiger charge is -2.25. The number of aromatic hydroxyl groups is 1. The van der Waals surface area contributed by atoms with Gasteiger partial charge in [0.05, 0.1) is 0 Å². The number of hydrogen-bond donors (Lipinski definition) is 3. The van der Waals surface area contributed by atoms with Crippen molar-refractivity contribution in [3.05, 3.63) is 60.2 Å². The molecule has 4 N–H and O–H groups in total. The van der Waals surface area contributed by atoms with Crippen molar-refractivity contribution in [3.8, 4) is 5.75 Å². The van der Waals surface area contributed by atoms with Crippen LogP contribution < -0.4 is 10.6 Å². The molecule has 0 saturated heterocycles. The molecule has 0 saturated carbocycles. The average molecular weight is 285 g/mol. The lowest BCUT2D eigenvalue weighted by Crippen LogP contribution is -2.27. The highest BCUT2D eigenvalue weighted by atomic mass is 16.4. The van der Waals surface area contributed by atoms with Gasteiger partial charge in [0.25, 0.3) is 0 Å². The van der Waals surface area contributed by atoms with Crippen molar-refractivity contribution in [1.82, 2.24) is 0 Å². The van der Waals surface area contributed by atoms with E-state index in [1.807, 2.05) is 42.5 Å². The first-order valence-electron chi connectivity index (χ1n) is 6.73. The highest BCUT2D eigenvalue weighted by Gasteiger charge is 2.08. The molecule has 0 amide bonds. The maximum atomic E-state index is 9.56. The Hall–Kier alpha value is -2.69. The van der Waals surface area contributed by atoms with Gasteiger partial charge in [-0.15, -0.1) is 0 Å². The Labute approximate surface area is 123 Å². The Balaban J connectivity index is 2.15. The van der Waals surface area contributed by atoms with Crippen LogP contribution in [0, 0.1) is 0 Å². The fourth-order valence-electron chi connectivity index (χ4n) is 2.11. The quantitative estimate of drug-likeness (QED) is 0.330. The molecule has 21 heavy (non-hydrogen) atoms. The van der Waals surface area contributed by atoms with Crippen LogP contribution in [0.25, 0.3) is 0 Å². The lowest BCUT2D eigenvalue weighted by atomic mass is 10.1. The van der Waals surface area contributed by atoms with Gasteiger partial charge in [-0.25, -0.2) is 0 Å². The summed E-state index contributed by atoms with van der Waals surface area (Å²) in [5.41, 5.74) is 7.60. The van der Waals surface area contributed by atoms with E-state index in [0.29, 0.717) is 19.5 Å². The lowest BCUT2D eigenvalue weighted by molar-refractivity contribution is 0.317. The molecule has 2 aromatic carbocycles. The summed E-state index contributed by atoms with van der Waals surface area (Å²) in [6.45, 7) is 1.26. The Bertz CT molecular complexity index is 599. The van der Waals surface area contributed by atoms with Gasteiger partial charge in [0, 0.05) is 25.2 Å². The molecular weight excluding hydrogens is 266 g/mol. The molecule has 5 nitrogen and oxygen atoms in total. The van der Waals surface area contributed by atoms with Crippen LogP contribution in [0.3, 0.4) is 0 Å². The van der Waals surface area contributed by atoms with Gasteiger partial charge >= 0.3 is 0 Å². The number of nitrogens with two attached hydrogens (primary N) is 1. The minimum atomic E-state index is 0.201. The van der Waals surface area contributed by atoms with Gasteiger partial charge in [-0.3, -0.25) is 0 Å². The van der Waals surface area contributed by atoms with E-state index in [1.165, 1.54) is 0 Å². The van der Waals surface area contributed by atoms with E-state index in [0.717, 1.165) is 11.3 Å². The summed E-state index contributed by atoms with van der Waals surface area (Å²) in [7, 11) is 0. The number of phenolic OH excluding ortho intramolecular Hbond substituents is 1. The van der Waals surface area contributed by atoms with Crippen molar-refractivity contribution in [2.24, 2.45) is 10.9 Å². The summed E-state index contributed by atoms with van der Waals surface area (Å²) >= 11 is 0. The van der Waals surface area contributed by atoms with E-state index in [-0.39, 0.29) is 11.6 Å². The van der Waals surface area contributed by atoms with Gasteiger partial charge in [0.15, 0.2) is 0 Å². The molecule has 0 aliphatic rings. The highest BCUT2D eigenvalue weighted by Crippen LogP contribution is 2.19. The van der Waals surface area contributed by atoms with E-state index >= 15 is 0 Å². The van der Waals surface area contributed by atoms with Crippen LogP contribution >= 0.6 is 0 Å². The predicted molar refractivity (Wildman–Crippen MR) is 83.6 cm³/mol. The fraction of sp³-hybridized carbons (Fsp3) is 0.188.